The van der Waals surface area contributed by atoms with Gasteiger partial charge < -0.3 is 15.2 Å². The number of benzene rings is 2. The van der Waals surface area contributed by atoms with E-state index in [9.17, 15) is 18.8 Å². The molecule has 1 fully saturated rings. The van der Waals surface area contributed by atoms with Gasteiger partial charge in [-0.25, -0.2) is 14.1 Å². The summed E-state index contributed by atoms with van der Waals surface area (Å²) < 4.78 is 16.1. The van der Waals surface area contributed by atoms with Crippen LogP contribution < -0.4 is 10.6 Å². The lowest BCUT2D eigenvalue weighted by atomic mass is 10.2. The molecular weight excluding hydrogens is 423 g/mol. The Bertz CT molecular complexity index is 1290. The summed E-state index contributed by atoms with van der Waals surface area (Å²) in [5, 5.41) is 5.20. The highest BCUT2D eigenvalue weighted by Gasteiger charge is 2.35. The van der Waals surface area contributed by atoms with E-state index in [4.69, 9.17) is 0 Å². The SMILES string of the molecule is Cc1ccc(NC(=O)CN2C(=O)NC(=Cc3cc(C)n(-c4ccccc4F)c3C)C2=O)cc1. The molecule has 0 spiro atoms. The number of amides is 4. The molecule has 7 nitrogen and oxygen atoms in total. The molecule has 1 saturated heterocycles. The van der Waals surface area contributed by atoms with Crippen molar-refractivity contribution in [1.82, 2.24) is 14.8 Å². The third kappa shape index (κ3) is 4.41. The second kappa shape index (κ2) is 8.74. The number of para-hydroxylation sites is 1. The van der Waals surface area contributed by atoms with Crippen molar-refractivity contribution in [2.45, 2.75) is 20.8 Å². The van der Waals surface area contributed by atoms with Crippen LogP contribution in [-0.4, -0.2) is 33.9 Å². The van der Waals surface area contributed by atoms with Crippen molar-refractivity contribution in [2.24, 2.45) is 0 Å². The van der Waals surface area contributed by atoms with Crippen molar-refractivity contribution in [3.63, 3.8) is 0 Å². The lowest BCUT2D eigenvalue weighted by Gasteiger charge is -2.12. The number of imide groups is 1. The second-order valence-electron chi connectivity index (χ2n) is 7.91. The number of anilines is 1. The first-order valence-corrected chi connectivity index (χ1v) is 10.4. The molecule has 0 atom stereocenters. The Morgan fingerprint density at radius 3 is 2.45 bits per heavy atom. The monoisotopic (exact) mass is 446 g/mol. The van der Waals surface area contributed by atoms with Crippen LogP contribution in [0.25, 0.3) is 11.8 Å². The molecule has 2 N–H and O–H groups in total. The third-order valence-electron chi connectivity index (χ3n) is 5.46. The van der Waals surface area contributed by atoms with E-state index >= 15 is 0 Å². The summed E-state index contributed by atoms with van der Waals surface area (Å²) in [5.74, 6) is -1.45. The maximum atomic E-state index is 14.3. The van der Waals surface area contributed by atoms with E-state index in [2.05, 4.69) is 10.6 Å². The van der Waals surface area contributed by atoms with Gasteiger partial charge in [0.2, 0.25) is 5.91 Å². The zero-order chi connectivity index (χ0) is 23.7. The zero-order valence-corrected chi connectivity index (χ0v) is 18.5. The molecule has 0 unspecified atom stereocenters. The molecule has 3 aromatic rings. The quantitative estimate of drug-likeness (QED) is 0.458. The summed E-state index contributed by atoms with van der Waals surface area (Å²) in [7, 11) is 0. The van der Waals surface area contributed by atoms with Gasteiger partial charge >= 0.3 is 6.03 Å². The van der Waals surface area contributed by atoms with Gasteiger partial charge in [-0.05, 0) is 62.7 Å². The smallest absolute Gasteiger partial charge is 0.325 e. The number of nitrogens with one attached hydrogen (secondary N) is 2. The molecule has 4 amide bonds. The van der Waals surface area contributed by atoms with E-state index in [1.807, 2.05) is 26.0 Å². The lowest BCUT2D eigenvalue weighted by molar-refractivity contribution is -0.127. The molecule has 2 heterocycles. The van der Waals surface area contributed by atoms with Crippen molar-refractivity contribution in [3.05, 3.63) is 88.6 Å². The lowest BCUT2D eigenvalue weighted by Crippen LogP contribution is -2.38. The molecule has 2 aromatic carbocycles. The number of carbonyl (C=O) groups is 3. The van der Waals surface area contributed by atoms with Gasteiger partial charge in [0, 0.05) is 17.1 Å². The summed E-state index contributed by atoms with van der Waals surface area (Å²) >= 11 is 0. The fourth-order valence-electron chi connectivity index (χ4n) is 3.79. The highest BCUT2D eigenvalue weighted by molar-refractivity contribution is 6.16. The molecule has 33 heavy (non-hydrogen) atoms. The molecule has 4 rings (SSSR count). The molecule has 0 aliphatic carbocycles. The first-order valence-electron chi connectivity index (χ1n) is 10.4. The minimum atomic E-state index is -0.673. The fourth-order valence-corrected chi connectivity index (χ4v) is 3.79. The van der Waals surface area contributed by atoms with E-state index in [-0.39, 0.29) is 11.5 Å². The van der Waals surface area contributed by atoms with E-state index in [1.54, 1.807) is 47.9 Å². The molecule has 0 radical (unpaired) electrons. The zero-order valence-electron chi connectivity index (χ0n) is 18.5. The highest BCUT2D eigenvalue weighted by Crippen LogP contribution is 2.25. The minimum absolute atomic E-state index is 0.0527. The van der Waals surface area contributed by atoms with Gasteiger partial charge in [0.1, 0.15) is 18.1 Å². The van der Waals surface area contributed by atoms with Gasteiger partial charge in [-0.15, -0.1) is 0 Å². The maximum Gasteiger partial charge on any atom is 0.329 e. The molecule has 0 saturated carbocycles. The summed E-state index contributed by atoms with van der Waals surface area (Å²) in [6, 6.07) is 14.7. The Labute approximate surface area is 190 Å². The van der Waals surface area contributed by atoms with Gasteiger partial charge in [0.25, 0.3) is 5.91 Å². The molecule has 1 aromatic heterocycles. The molecule has 1 aliphatic heterocycles. The van der Waals surface area contributed by atoms with Gasteiger partial charge in [-0.1, -0.05) is 29.8 Å². The van der Waals surface area contributed by atoms with E-state index < -0.39 is 24.4 Å². The molecule has 0 bridgehead atoms. The minimum Gasteiger partial charge on any atom is -0.325 e. The number of aryl methyl sites for hydroxylation is 2. The Morgan fingerprint density at radius 1 is 1.06 bits per heavy atom. The molecule has 1 aliphatic rings. The van der Waals surface area contributed by atoms with Crippen LogP contribution in [0, 0.1) is 26.6 Å². The number of halogens is 1. The first-order chi connectivity index (χ1) is 15.7. The van der Waals surface area contributed by atoms with Crippen molar-refractivity contribution in [2.75, 3.05) is 11.9 Å². The average molecular weight is 446 g/mol. The topological polar surface area (TPSA) is 83.4 Å². The number of carbonyl (C=O) groups excluding carboxylic acids is 3. The summed E-state index contributed by atoms with van der Waals surface area (Å²) in [4.78, 5) is 38.4. The number of rotatable bonds is 5. The van der Waals surface area contributed by atoms with Gasteiger partial charge in [-0.3, -0.25) is 9.59 Å². The standard InChI is InChI=1S/C25H23FN4O3/c1-15-8-10-19(11-9-15)27-23(31)14-29-24(32)21(28-25(29)33)13-18-12-16(2)30(17(18)3)22-7-5-4-6-20(22)26/h4-13H,14H2,1-3H3,(H,27,31)(H,28,33). The number of hydrogen-bond acceptors (Lipinski definition) is 3. The van der Waals surface area contributed by atoms with Crippen molar-refractivity contribution in [3.8, 4) is 5.69 Å². The maximum absolute atomic E-state index is 14.3. The van der Waals surface area contributed by atoms with E-state index in [0.29, 0.717) is 22.6 Å². The predicted octanol–water partition coefficient (Wildman–Crippen LogP) is 4.07. The van der Waals surface area contributed by atoms with Gasteiger partial charge in [0.15, 0.2) is 0 Å². The van der Waals surface area contributed by atoms with Crippen LogP contribution >= 0.6 is 0 Å². The Balaban J connectivity index is 1.53. The van der Waals surface area contributed by atoms with Gasteiger partial charge in [-0.2, -0.15) is 0 Å². The summed E-state index contributed by atoms with van der Waals surface area (Å²) in [6.45, 7) is 5.16. The predicted molar refractivity (Wildman–Crippen MR) is 123 cm³/mol. The van der Waals surface area contributed by atoms with E-state index in [0.717, 1.165) is 16.2 Å². The first kappa shape index (κ1) is 22.0. The number of urea groups is 1. The number of hydrogen-bond donors (Lipinski definition) is 2. The average Bonchev–Trinajstić information content (AvgIpc) is 3.19. The summed E-state index contributed by atoms with van der Waals surface area (Å²) in [6.07, 6.45) is 1.54. The molecule has 168 valence electrons. The summed E-state index contributed by atoms with van der Waals surface area (Å²) in [5.41, 5.74) is 4.22. The van der Waals surface area contributed by atoms with Crippen LogP contribution in [0.3, 0.4) is 0 Å². The van der Waals surface area contributed by atoms with Crippen LogP contribution in [0.1, 0.15) is 22.5 Å². The van der Waals surface area contributed by atoms with Crippen LogP contribution in [0.5, 0.6) is 0 Å². The van der Waals surface area contributed by atoms with Crippen LogP contribution in [0.4, 0.5) is 14.9 Å². The van der Waals surface area contributed by atoms with Crippen LogP contribution in [-0.2, 0) is 9.59 Å². The second-order valence-corrected chi connectivity index (χ2v) is 7.91. The van der Waals surface area contributed by atoms with E-state index in [1.165, 1.54) is 12.1 Å². The Kier molecular flexibility index (Phi) is 5.83. The third-order valence-corrected chi connectivity index (χ3v) is 5.46. The Hall–Kier alpha value is -4.20. The van der Waals surface area contributed by atoms with Crippen LogP contribution in [0.2, 0.25) is 0 Å². The van der Waals surface area contributed by atoms with Crippen molar-refractivity contribution < 1.29 is 18.8 Å². The van der Waals surface area contributed by atoms with Crippen molar-refractivity contribution >= 4 is 29.6 Å². The Morgan fingerprint density at radius 2 is 1.76 bits per heavy atom. The number of aromatic nitrogens is 1. The van der Waals surface area contributed by atoms with Crippen molar-refractivity contribution in [1.29, 1.82) is 0 Å². The van der Waals surface area contributed by atoms with Gasteiger partial charge in [0.05, 0.1) is 5.69 Å². The largest absolute Gasteiger partial charge is 0.329 e. The normalized spacial score (nSPS) is 14.7. The molecular formula is C25H23FN4O3. The fraction of sp³-hybridized carbons (Fsp3) is 0.160. The van der Waals surface area contributed by atoms with Crippen LogP contribution in [0.15, 0.2) is 60.3 Å². The number of nitrogens with zero attached hydrogens (tertiary/aromatic N) is 2. The molecule has 8 heteroatoms. The highest BCUT2D eigenvalue weighted by atomic mass is 19.1.